The van der Waals surface area contributed by atoms with Gasteiger partial charge < -0.3 is 10.1 Å². The van der Waals surface area contributed by atoms with Crippen LogP contribution in [0.25, 0.3) is 0 Å². The van der Waals surface area contributed by atoms with Crippen molar-refractivity contribution in [3.8, 4) is 0 Å². The number of halogens is 3. The van der Waals surface area contributed by atoms with Crippen molar-refractivity contribution in [1.29, 1.82) is 0 Å². The van der Waals surface area contributed by atoms with Gasteiger partial charge in [0.05, 0.1) is 11.8 Å². The molecule has 0 unspecified atom stereocenters. The maximum Gasteiger partial charge on any atom is 0.416 e. The van der Waals surface area contributed by atoms with Gasteiger partial charge in [-0.2, -0.15) is 13.2 Å². The molecular formula is C12H9F3N2O2. The van der Waals surface area contributed by atoms with E-state index in [4.69, 9.17) is 5.11 Å². The molecule has 2 rings (SSSR count). The van der Waals surface area contributed by atoms with Crippen molar-refractivity contribution >= 4 is 5.97 Å². The molecule has 0 amide bonds. The number of nitrogens with one attached hydrogen (secondary N) is 1. The summed E-state index contributed by atoms with van der Waals surface area (Å²) in [7, 11) is 0. The highest BCUT2D eigenvalue weighted by Gasteiger charge is 2.30. The quantitative estimate of drug-likeness (QED) is 0.901. The fourth-order valence-corrected chi connectivity index (χ4v) is 1.61. The summed E-state index contributed by atoms with van der Waals surface area (Å²) in [6.45, 7) is 0. The third kappa shape index (κ3) is 3.12. The standard InChI is InChI=1S/C12H9F3N2O2/c13-12(14,15)8-3-1-2-7(4-8)5-10-16-6-9(17-10)11(18)19/h1-4,6H,5H2,(H,16,17)(H,18,19). The van der Waals surface area contributed by atoms with E-state index in [2.05, 4.69) is 9.97 Å². The first kappa shape index (κ1) is 13.1. The van der Waals surface area contributed by atoms with Gasteiger partial charge in [-0.05, 0) is 11.6 Å². The number of imidazole rings is 1. The summed E-state index contributed by atoms with van der Waals surface area (Å²) >= 11 is 0. The summed E-state index contributed by atoms with van der Waals surface area (Å²) < 4.78 is 37.5. The van der Waals surface area contributed by atoms with Crippen LogP contribution in [-0.4, -0.2) is 21.0 Å². The molecule has 2 N–H and O–H groups in total. The van der Waals surface area contributed by atoms with Gasteiger partial charge in [0.15, 0.2) is 0 Å². The van der Waals surface area contributed by atoms with E-state index < -0.39 is 17.7 Å². The van der Waals surface area contributed by atoms with E-state index >= 15 is 0 Å². The number of alkyl halides is 3. The minimum Gasteiger partial charge on any atom is -0.477 e. The Bertz CT molecular complexity index is 605. The number of H-pyrrole nitrogens is 1. The highest BCUT2D eigenvalue weighted by atomic mass is 19.4. The average Bonchev–Trinajstić information content (AvgIpc) is 2.77. The molecule has 7 heteroatoms. The second-order valence-corrected chi connectivity index (χ2v) is 3.92. The summed E-state index contributed by atoms with van der Waals surface area (Å²) in [6.07, 6.45) is -3.16. The Balaban J connectivity index is 2.21. The Hall–Kier alpha value is -2.31. The van der Waals surface area contributed by atoms with Crippen molar-refractivity contribution in [2.24, 2.45) is 0 Å². The van der Waals surface area contributed by atoms with Crippen LogP contribution in [0, 0.1) is 0 Å². The second-order valence-electron chi connectivity index (χ2n) is 3.92. The number of nitrogens with zero attached hydrogens (tertiary/aromatic N) is 1. The zero-order chi connectivity index (χ0) is 14.0. The molecule has 0 aliphatic rings. The SMILES string of the molecule is O=C(O)c1cnc(Cc2cccc(C(F)(F)F)c2)[nH]1. The molecule has 19 heavy (non-hydrogen) atoms. The molecule has 0 aliphatic carbocycles. The molecule has 0 radical (unpaired) electrons. The highest BCUT2D eigenvalue weighted by Crippen LogP contribution is 2.29. The van der Waals surface area contributed by atoms with E-state index in [1.54, 1.807) is 0 Å². The van der Waals surface area contributed by atoms with Crippen LogP contribution >= 0.6 is 0 Å². The van der Waals surface area contributed by atoms with Crippen molar-refractivity contribution < 1.29 is 23.1 Å². The Labute approximate surface area is 105 Å². The van der Waals surface area contributed by atoms with Crippen molar-refractivity contribution in [3.63, 3.8) is 0 Å². The van der Waals surface area contributed by atoms with E-state index in [0.717, 1.165) is 18.3 Å². The minimum atomic E-state index is -4.40. The molecule has 4 nitrogen and oxygen atoms in total. The van der Waals surface area contributed by atoms with E-state index in [9.17, 15) is 18.0 Å². The number of rotatable bonds is 3. The molecule has 2 aromatic rings. The Morgan fingerprint density at radius 1 is 1.37 bits per heavy atom. The molecular weight excluding hydrogens is 261 g/mol. The smallest absolute Gasteiger partial charge is 0.416 e. The third-order valence-electron chi connectivity index (χ3n) is 2.48. The number of benzene rings is 1. The van der Waals surface area contributed by atoms with E-state index in [1.165, 1.54) is 12.1 Å². The molecule has 0 aliphatic heterocycles. The maximum atomic E-state index is 12.5. The van der Waals surface area contributed by atoms with Crippen molar-refractivity contribution in [2.75, 3.05) is 0 Å². The van der Waals surface area contributed by atoms with Gasteiger partial charge in [0.1, 0.15) is 11.5 Å². The summed E-state index contributed by atoms with van der Waals surface area (Å²) in [5, 5.41) is 8.70. The number of carboxylic acid groups (broad SMARTS) is 1. The van der Waals surface area contributed by atoms with Crippen LogP contribution in [-0.2, 0) is 12.6 Å². The predicted octanol–water partition coefficient (Wildman–Crippen LogP) is 2.72. The molecule has 1 heterocycles. The van der Waals surface area contributed by atoms with E-state index in [1.807, 2.05) is 0 Å². The molecule has 0 fully saturated rings. The van der Waals surface area contributed by atoms with Gasteiger partial charge in [0.25, 0.3) is 0 Å². The molecule has 0 bridgehead atoms. The first-order valence-corrected chi connectivity index (χ1v) is 5.29. The largest absolute Gasteiger partial charge is 0.477 e. The Morgan fingerprint density at radius 3 is 2.68 bits per heavy atom. The number of carbonyl (C=O) groups is 1. The zero-order valence-corrected chi connectivity index (χ0v) is 9.53. The normalized spacial score (nSPS) is 11.5. The van der Waals surface area contributed by atoms with Gasteiger partial charge >= 0.3 is 12.1 Å². The van der Waals surface area contributed by atoms with Gasteiger partial charge in [0.2, 0.25) is 0 Å². The van der Waals surface area contributed by atoms with Gasteiger partial charge in [-0.1, -0.05) is 18.2 Å². The van der Waals surface area contributed by atoms with Crippen LogP contribution in [0.4, 0.5) is 13.2 Å². The van der Waals surface area contributed by atoms with Gasteiger partial charge in [-0.15, -0.1) is 0 Å². The Kier molecular flexibility index (Phi) is 3.28. The number of aromatic nitrogens is 2. The number of aromatic amines is 1. The number of aromatic carboxylic acids is 1. The number of hydrogen-bond acceptors (Lipinski definition) is 2. The monoisotopic (exact) mass is 270 g/mol. The van der Waals surface area contributed by atoms with E-state index in [-0.39, 0.29) is 12.1 Å². The van der Waals surface area contributed by atoms with Gasteiger partial charge in [0, 0.05) is 6.42 Å². The first-order chi connectivity index (χ1) is 8.86. The highest BCUT2D eigenvalue weighted by molar-refractivity contribution is 5.85. The van der Waals surface area contributed by atoms with E-state index in [0.29, 0.717) is 11.4 Å². The molecule has 0 saturated carbocycles. The second kappa shape index (κ2) is 4.75. The van der Waals surface area contributed by atoms with Crippen molar-refractivity contribution in [1.82, 2.24) is 9.97 Å². The lowest BCUT2D eigenvalue weighted by Gasteiger charge is -2.07. The van der Waals surface area contributed by atoms with Crippen molar-refractivity contribution in [2.45, 2.75) is 12.6 Å². The summed E-state index contributed by atoms with van der Waals surface area (Å²) in [6, 6.07) is 4.83. The first-order valence-electron chi connectivity index (χ1n) is 5.29. The lowest BCUT2D eigenvalue weighted by atomic mass is 10.1. The summed E-state index contributed by atoms with van der Waals surface area (Å²) in [5.41, 5.74) is -0.432. The van der Waals surface area contributed by atoms with Crippen LogP contribution in [0.2, 0.25) is 0 Å². The topological polar surface area (TPSA) is 66.0 Å². The Morgan fingerprint density at radius 2 is 2.11 bits per heavy atom. The molecule has 0 saturated heterocycles. The minimum absolute atomic E-state index is 0.0954. The molecule has 0 spiro atoms. The summed E-state index contributed by atoms with van der Waals surface area (Å²) in [4.78, 5) is 17.0. The fourth-order valence-electron chi connectivity index (χ4n) is 1.61. The lowest BCUT2D eigenvalue weighted by Crippen LogP contribution is -2.05. The molecule has 0 atom stereocenters. The van der Waals surface area contributed by atoms with Crippen LogP contribution in [0.1, 0.15) is 27.4 Å². The molecule has 1 aromatic heterocycles. The van der Waals surface area contributed by atoms with Crippen LogP contribution < -0.4 is 0 Å². The van der Waals surface area contributed by atoms with Crippen LogP contribution in [0.15, 0.2) is 30.5 Å². The molecule has 1 aromatic carbocycles. The number of hydrogen-bond donors (Lipinski definition) is 2. The van der Waals surface area contributed by atoms with Crippen LogP contribution in [0.5, 0.6) is 0 Å². The van der Waals surface area contributed by atoms with Crippen molar-refractivity contribution in [3.05, 3.63) is 53.1 Å². The fraction of sp³-hybridized carbons (Fsp3) is 0.167. The number of carboxylic acids is 1. The van der Waals surface area contributed by atoms with Gasteiger partial charge in [-0.25, -0.2) is 9.78 Å². The summed E-state index contributed by atoms with van der Waals surface area (Å²) in [5.74, 6) is -0.862. The predicted molar refractivity (Wildman–Crippen MR) is 59.8 cm³/mol. The molecule has 100 valence electrons. The maximum absolute atomic E-state index is 12.5. The zero-order valence-electron chi connectivity index (χ0n) is 9.53. The average molecular weight is 270 g/mol. The van der Waals surface area contributed by atoms with Crippen LogP contribution in [0.3, 0.4) is 0 Å². The van der Waals surface area contributed by atoms with Gasteiger partial charge in [-0.3, -0.25) is 0 Å². The lowest BCUT2D eigenvalue weighted by molar-refractivity contribution is -0.137. The third-order valence-corrected chi connectivity index (χ3v) is 2.48.